The van der Waals surface area contributed by atoms with Crippen molar-refractivity contribution in [1.29, 1.82) is 0 Å². The van der Waals surface area contributed by atoms with Crippen molar-refractivity contribution in [3.05, 3.63) is 23.8 Å². The fourth-order valence-electron chi connectivity index (χ4n) is 2.52. The van der Waals surface area contributed by atoms with Crippen molar-refractivity contribution < 1.29 is 9.53 Å². The molecule has 0 heterocycles. The van der Waals surface area contributed by atoms with Gasteiger partial charge in [-0.1, -0.05) is 57.9 Å². The largest absolute Gasteiger partial charge is 0.495 e. The zero-order valence-corrected chi connectivity index (χ0v) is 13.5. The van der Waals surface area contributed by atoms with Gasteiger partial charge >= 0.3 is 0 Å². The second kappa shape index (κ2) is 10.3. The van der Waals surface area contributed by atoms with E-state index < -0.39 is 0 Å². The fraction of sp³-hybridized carbons (Fsp3) is 0.611. The molecule has 1 rings (SSSR count). The number of para-hydroxylation sites is 1. The van der Waals surface area contributed by atoms with Crippen molar-refractivity contribution in [2.24, 2.45) is 0 Å². The van der Waals surface area contributed by atoms with E-state index in [1.54, 1.807) is 19.2 Å². The second-order valence-electron chi connectivity index (χ2n) is 5.57. The maximum absolute atomic E-state index is 12.2. The first-order valence-electron chi connectivity index (χ1n) is 8.16. The van der Waals surface area contributed by atoms with E-state index in [0.29, 0.717) is 23.4 Å². The monoisotopic (exact) mass is 291 g/mol. The number of rotatable bonds is 11. The van der Waals surface area contributed by atoms with Crippen LogP contribution in [-0.2, 0) is 0 Å². The van der Waals surface area contributed by atoms with Crippen molar-refractivity contribution >= 4 is 11.5 Å². The van der Waals surface area contributed by atoms with Crippen molar-refractivity contribution in [3.63, 3.8) is 0 Å². The molecule has 0 saturated heterocycles. The molecule has 1 aromatic rings. The third kappa shape index (κ3) is 6.19. The summed E-state index contributed by atoms with van der Waals surface area (Å²) in [6.07, 6.45) is 10.5. The van der Waals surface area contributed by atoms with E-state index in [4.69, 9.17) is 10.5 Å². The summed E-state index contributed by atoms with van der Waals surface area (Å²) in [5, 5.41) is 0. The highest BCUT2D eigenvalue weighted by Gasteiger charge is 2.12. The van der Waals surface area contributed by atoms with Gasteiger partial charge in [0, 0.05) is 12.0 Å². The summed E-state index contributed by atoms with van der Waals surface area (Å²) < 4.78 is 5.15. The van der Waals surface area contributed by atoms with Crippen LogP contribution in [0.1, 0.15) is 75.1 Å². The summed E-state index contributed by atoms with van der Waals surface area (Å²) >= 11 is 0. The molecule has 0 unspecified atom stereocenters. The predicted molar refractivity (Wildman–Crippen MR) is 89.0 cm³/mol. The van der Waals surface area contributed by atoms with Crippen LogP contribution >= 0.6 is 0 Å². The Labute approximate surface area is 128 Å². The average molecular weight is 291 g/mol. The lowest BCUT2D eigenvalue weighted by Crippen LogP contribution is -2.05. The summed E-state index contributed by atoms with van der Waals surface area (Å²) in [4.78, 5) is 12.2. The van der Waals surface area contributed by atoms with E-state index in [1.807, 2.05) is 6.07 Å². The zero-order chi connectivity index (χ0) is 15.5. The molecular weight excluding hydrogens is 262 g/mol. The molecule has 0 aliphatic heterocycles. The van der Waals surface area contributed by atoms with Crippen LogP contribution in [0, 0.1) is 0 Å². The summed E-state index contributed by atoms with van der Waals surface area (Å²) in [6, 6.07) is 5.38. The van der Waals surface area contributed by atoms with Crippen LogP contribution in [0.3, 0.4) is 0 Å². The van der Waals surface area contributed by atoms with Crippen LogP contribution in [0.2, 0.25) is 0 Å². The zero-order valence-electron chi connectivity index (χ0n) is 13.5. The minimum atomic E-state index is 0.123. The van der Waals surface area contributed by atoms with Crippen molar-refractivity contribution in [3.8, 4) is 5.75 Å². The third-order valence-electron chi connectivity index (χ3n) is 3.84. The Balaban J connectivity index is 2.25. The molecule has 3 heteroatoms. The Hall–Kier alpha value is -1.51. The van der Waals surface area contributed by atoms with Gasteiger partial charge in [0.15, 0.2) is 5.78 Å². The fourth-order valence-corrected chi connectivity index (χ4v) is 2.52. The average Bonchev–Trinajstić information content (AvgIpc) is 2.50. The first kappa shape index (κ1) is 17.5. The number of methoxy groups -OCH3 is 1. The van der Waals surface area contributed by atoms with Crippen LogP contribution in [0.5, 0.6) is 5.75 Å². The van der Waals surface area contributed by atoms with Gasteiger partial charge < -0.3 is 10.5 Å². The maximum atomic E-state index is 12.2. The van der Waals surface area contributed by atoms with E-state index in [0.717, 1.165) is 12.8 Å². The van der Waals surface area contributed by atoms with E-state index in [-0.39, 0.29) is 5.78 Å². The van der Waals surface area contributed by atoms with Gasteiger partial charge in [-0.15, -0.1) is 0 Å². The topological polar surface area (TPSA) is 52.3 Å². The smallest absolute Gasteiger partial charge is 0.165 e. The normalized spacial score (nSPS) is 10.6. The Kier molecular flexibility index (Phi) is 8.56. The molecule has 0 aliphatic carbocycles. The van der Waals surface area contributed by atoms with Gasteiger partial charge in [0.05, 0.1) is 12.8 Å². The number of nitrogens with two attached hydrogens (primary N) is 1. The van der Waals surface area contributed by atoms with Crippen LogP contribution < -0.4 is 10.5 Å². The summed E-state index contributed by atoms with van der Waals surface area (Å²) in [5.41, 5.74) is 7.00. The van der Waals surface area contributed by atoms with Crippen LogP contribution in [-0.4, -0.2) is 12.9 Å². The summed E-state index contributed by atoms with van der Waals surface area (Å²) in [5.74, 6) is 0.703. The van der Waals surface area contributed by atoms with Crippen LogP contribution in [0.4, 0.5) is 5.69 Å². The number of Topliss-reactive ketones (excluding diaryl/α,β-unsaturated/α-hetero) is 1. The van der Waals surface area contributed by atoms with Gasteiger partial charge in [-0.3, -0.25) is 4.79 Å². The highest BCUT2D eigenvalue weighted by molar-refractivity contribution is 6.01. The number of benzene rings is 1. The number of hydrogen-bond acceptors (Lipinski definition) is 3. The van der Waals surface area contributed by atoms with Crippen molar-refractivity contribution in [2.75, 3.05) is 12.8 Å². The molecule has 0 aromatic heterocycles. The van der Waals surface area contributed by atoms with Crippen LogP contribution in [0.15, 0.2) is 18.2 Å². The highest BCUT2D eigenvalue weighted by Crippen LogP contribution is 2.26. The number of ketones is 1. The Morgan fingerprint density at radius 3 is 2.29 bits per heavy atom. The third-order valence-corrected chi connectivity index (χ3v) is 3.84. The molecule has 0 bridgehead atoms. The minimum absolute atomic E-state index is 0.123. The van der Waals surface area contributed by atoms with Crippen LogP contribution in [0.25, 0.3) is 0 Å². The Morgan fingerprint density at radius 2 is 1.67 bits per heavy atom. The second-order valence-corrected chi connectivity index (χ2v) is 5.57. The summed E-state index contributed by atoms with van der Waals surface area (Å²) in [7, 11) is 1.57. The first-order valence-corrected chi connectivity index (χ1v) is 8.16. The molecule has 0 radical (unpaired) electrons. The Bertz CT molecular complexity index is 429. The lowest BCUT2D eigenvalue weighted by molar-refractivity contribution is 0.0979. The lowest BCUT2D eigenvalue weighted by atomic mass is 10.0. The van der Waals surface area contributed by atoms with Crippen molar-refractivity contribution in [1.82, 2.24) is 0 Å². The van der Waals surface area contributed by atoms with Gasteiger partial charge in [0.25, 0.3) is 0 Å². The van der Waals surface area contributed by atoms with E-state index >= 15 is 0 Å². The first-order chi connectivity index (χ1) is 10.2. The number of unbranched alkanes of at least 4 members (excludes halogenated alkanes) is 7. The molecule has 0 atom stereocenters. The van der Waals surface area contributed by atoms with Gasteiger partial charge in [-0.05, 0) is 18.6 Å². The maximum Gasteiger partial charge on any atom is 0.165 e. The van der Waals surface area contributed by atoms with E-state index in [9.17, 15) is 4.79 Å². The SMILES string of the molecule is CCCCCCCCCCC(=O)c1cccc(OC)c1N. The molecule has 3 nitrogen and oxygen atoms in total. The molecule has 2 N–H and O–H groups in total. The van der Waals surface area contributed by atoms with Crippen molar-refractivity contribution in [2.45, 2.75) is 64.7 Å². The molecule has 0 aliphatic rings. The quantitative estimate of drug-likeness (QED) is 0.355. The predicted octanol–water partition coefficient (Wildman–Crippen LogP) is 4.99. The molecule has 21 heavy (non-hydrogen) atoms. The van der Waals surface area contributed by atoms with Gasteiger partial charge in [-0.25, -0.2) is 0 Å². The number of carbonyl (C=O) groups is 1. The molecule has 1 aromatic carbocycles. The minimum Gasteiger partial charge on any atom is -0.495 e. The van der Waals surface area contributed by atoms with Gasteiger partial charge in [0.2, 0.25) is 0 Å². The van der Waals surface area contributed by atoms with Gasteiger partial charge in [0.1, 0.15) is 5.75 Å². The lowest BCUT2D eigenvalue weighted by Gasteiger charge is -2.09. The molecular formula is C18H29NO2. The number of carbonyl (C=O) groups excluding carboxylic acids is 1. The van der Waals surface area contributed by atoms with Gasteiger partial charge in [-0.2, -0.15) is 0 Å². The van der Waals surface area contributed by atoms with E-state index in [2.05, 4.69) is 6.92 Å². The Morgan fingerprint density at radius 1 is 1.05 bits per heavy atom. The highest BCUT2D eigenvalue weighted by atomic mass is 16.5. The number of nitrogen functional groups attached to an aromatic ring is 1. The molecule has 0 amide bonds. The number of anilines is 1. The molecule has 0 saturated carbocycles. The number of ether oxygens (including phenoxy) is 1. The summed E-state index contributed by atoms with van der Waals surface area (Å²) in [6.45, 7) is 2.23. The molecule has 118 valence electrons. The van der Waals surface area contributed by atoms with E-state index in [1.165, 1.54) is 38.5 Å². The molecule has 0 fully saturated rings. The standard InChI is InChI=1S/C18H29NO2/c1-3-4-5-6-7-8-9-10-13-16(20)15-12-11-14-17(21-2)18(15)19/h11-12,14H,3-10,13,19H2,1-2H3. The molecule has 0 spiro atoms. The number of hydrogen-bond donors (Lipinski definition) is 1.